The van der Waals surface area contributed by atoms with E-state index in [2.05, 4.69) is 25.8 Å². The first-order valence-corrected chi connectivity index (χ1v) is 7.96. The fourth-order valence-electron chi connectivity index (χ4n) is 2.18. The summed E-state index contributed by atoms with van der Waals surface area (Å²) >= 11 is 0. The summed E-state index contributed by atoms with van der Waals surface area (Å²) in [5.74, 6) is 0.0111. The molecule has 1 amide bonds. The minimum absolute atomic E-state index is 0.0191. The number of ether oxygens (including phenoxy) is 1. The zero-order valence-corrected chi connectivity index (χ0v) is 14.1. The second-order valence-corrected chi connectivity index (χ2v) is 5.26. The van der Waals surface area contributed by atoms with Gasteiger partial charge < -0.3 is 10.1 Å². The van der Waals surface area contributed by atoms with E-state index >= 15 is 0 Å². The van der Waals surface area contributed by atoms with Crippen LogP contribution in [-0.2, 0) is 27.4 Å². The highest BCUT2D eigenvalue weighted by Crippen LogP contribution is 2.11. The van der Waals surface area contributed by atoms with E-state index in [4.69, 9.17) is 4.74 Å². The number of nitrogens with one attached hydrogen (secondary N) is 1. The summed E-state index contributed by atoms with van der Waals surface area (Å²) in [5.41, 5.74) is 0.817. The van der Waals surface area contributed by atoms with Gasteiger partial charge in [-0.05, 0) is 12.1 Å². The number of esters is 1. The van der Waals surface area contributed by atoms with Gasteiger partial charge in [-0.15, -0.1) is 10.2 Å². The zero-order chi connectivity index (χ0) is 18.4. The average Bonchev–Trinajstić information content (AvgIpc) is 3.25. The van der Waals surface area contributed by atoms with Gasteiger partial charge in [0.25, 0.3) is 0 Å². The normalized spacial score (nSPS) is 10.5. The first-order chi connectivity index (χ1) is 12.6. The van der Waals surface area contributed by atoms with Crippen LogP contribution in [-0.4, -0.2) is 48.5 Å². The smallest absolute Gasteiger partial charge is 0.327 e. The molecule has 0 unspecified atom stereocenters. The minimum Gasteiger partial charge on any atom is -0.465 e. The first kappa shape index (κ1) is 17.3. The summed E-state index contributed by atoms with van der Waals surface area (Å²) in [5, 5.41) is 18.7. The lowest BCUT2D eigenvalue weighted by atomic mass is 10.2. The maximum atomic E-state index is 12.1. The third kappa shape index (κ3) is 4.50. The predicted molar refractivity (Wildman–Crippen MR) is 90.7 cm³/mol. The summed E-state index contributed by atoms with van der Waals surface area (Å²) in [7, 11) is 0. The van der Waals surface area contributed by atoms with Gasteiger partial charge in [0.1, 0.15) is 13.1 Å². The molecule has 0 radical (unpaired) electrons. The molecule has 10 heteroatoms. The van der Waals surface area contributed by atoms with Gasteiger partial charge in [0.2, 0.25) is 11.7 Å². The molecule has 2 heterocycles. The summed E-state index contributed by atoms with van der Waals surface area (Å²) in [6.07, 6.45) is 1.58. The Labute approximate surface area is 148 Å². The number of carbonyl (C=O) groups excluding carboxylic acids is 2. The van der Waals surface area contributed by atoms with Crippen molar-refractivity contribution in [2.45, 2.75) is 20.0 Å². The van der Waals surface area contributed by atoms with E-state index in [1.54, 1.807) is 19.2 Å². The number of benzene rings is 1. The van der Waals surface area contributed by atoms with Crippen molar-refractivity contribution >= 4 is 17.7 Å². The maximum absolute atomic E-state index is 12.1. The van der Waals surface area contributed by atoms with Crippen LogP contribution >= 0.6 is 0 Å². The number of aromatic nitrogens is 6. The van der Waals surface area contributed by atoms with Crippen molar-refractivity contribution in [2.75, 3.05) is 11.9 Å². The molecule has 0 aliphatic carbocycles. The van der Waals surface area contributed by atoms with Crippen LogP contribution in [0.3, 0.4) is 0 Å². The highest BCUT2D eigenvalue weighted by molar-refractivity contribution is 5.89. The summed E-state index contributed by atoms with van der Waals surface area (Å²) in [6.45, 7) is 1.91. The van der Waals surface area contributed by atoms with Crippen LogP contribution in [0.2, 0.25) is 0 Å². The third-order valence-corrected chi connectivity index (χ3v) is 3.27. The van der Waals surface area contributed by atoms with Crippen LogP contribution in [0, 0.1) is 0 Å². The Kier molecular flexibility index (Phi) is 5.32. The van der Waals surface area contributed by atoms with Gasteiger partial charge >= 0.3 is 5.97 Å². The zero-order valence-electron chi connectivity index (χ0n) is 14.1. The molecule has 26 heavy (non-hydrogen) atoms. The molecule has 0 fully saturated rings. The van der Waals surface area contributed by atoms with Gasteiger partial charge in [0.15, 0.2) is 5.82 Å². The van der Waals surface area contributed by atoms with E-state index in [1.807, 2.05) is 30.3 Å². The van der Waals surface area contributed by atoms with Gasteiger partial charge in [-0.3, -0.25) is 14.3 Å². The average molecular weight is 355 g/mol. The van der Waals surface area contributed by atoms with E-state index in [1.165, 1.54) is 9.48 Å². The van der Waals surface area contributed by atoms with Gasteiger partial charge in [-0.1, -0.05) is 30.3 Å². The Hall–Kier alpha value is -3.56. The number of tetrazole rings is 1. The Morgan fingerprint density at radius 1 is 1.12 bits per heavy atom. The molecule has 1 N–H and O–H groups in total. The number of hydrogen-bond donors (Lipinski definition) is 1. The summed E-state index contributed by atoms with van der Waals surface area (Å²) in [6, 6.07) is 10.9. The molecule has 0 aliphatic rings. The molecule has 0 aliphatic heterocycles. The fraction of sp³-hybridized carbons (Fsp3) is 0.250. The van der Waals surface area contributed by atoms with E-state index in [9.17, 15) is 9.59 Å². The lowest BCUT2D eigenvalue weighted by Gasteiger charge is -2.02. The molecule has 1 aromatic carbocycles. The van der Waals surface area contributed by atoms with Gasteiger partial charge in [0, 0.05) is 17.8 Å². The molecule has 0 bridgehead atoms. The van der Waals surface area contributed by atoms with Crippen LogP contribution in [0.4, 0.5) is 5.82 Å². The number of hydrogen-bond acceptors (Lipinski definition) is 7. The van der Waals surface area contributed by atoms with Crippen LogP contribution in [0.1, 0.15) is 6.92 Å². The molecule has 134 valence electrons. The Balaban J connectivity index is 1.55. The van der Waals surface area contributed by atoms with Crippen LogP contribution in [0.5, 0.6) is 0 Å². The number of amides is 1. The number of nitrogens with zero attached hydrogens (tertiary/aromatic N) is 6. The van der Waals surface area contributed by atoms with Crippen LogP contribution < -0.4 is 5.32 Å². The number of anilines is 1. The monoisotopic (exact) mass is 355 g/mol. The SMILES string of the molecule is CCOC(=O)Cn1ccc(NC(=O)Cn2nnc(-c3ccccc3)n2)n1. The summed E-state index contributed by atoms with van der Waals surface area (Å²) in [4.78, 5) is 24.7. The van der Waals surface area contributed by atoms with Gasteiger partial charge in [-0.2, -0.15) is 9.90 Å². The lowest BCUT2D eigenvalue weighted by molar-refractivity contribution is -0.144. The van der Waals surface area contributed by atoms with Crippen molar-refractivity contribution in [1.82, 2.24) is 30.0 Å². The van der Waals surface area contributed by atoms with Crippen molar-refractivity contribution in [3.8, 4) is 11.4 Å². The van der Waals surface area contributed by atoms with E-state index in [-0.39, 0.29) is 19.0 Å². The first-order valence-electron chi connectivity index (χ1n) is 7.96. The van der Waals surface area contributed by atoms with Crippen molar-refractivity contribution in [2.24, 2.45) is 0 Å². The highest BCUT2D eigenvalue weighted by atomic mass is 16.5. The topological polar surface area (TPSA) is 117 Å². The molecular formula is C16H17N7O3. The number of carbonyl (C=O) groups is 2. The number of rotatable bonds is 7. The molecule has 0 spiro atoms. The molecule has 0 atom stereocenters. The van der Waals surface area contributed by atoms with E-state index in [0.29, 0.717) is 18.2 Å². The summed E-state index contributed by atoms with van der Waals surface area (Å²) < 4.78 is 6.22. The van der Waals surface area contributed by atoms with Crippen molar-refractivity contribution in [3.05, 3.63) is 42.6 Å². The van der Waals surface area contributed by atoms with Gasteiger partial charge in [0.05, 0.1) is 6.61 Å². The standard InChI is InChI=1S/C16H17N7O3/c1-2-26-15(25)11-22-9-8-13(19-22)17-14(24)10-23-20-16(18-21-23)12-6-4-3-5-7-12/h3-9H,2,10-11H2,1H3,(H,17,19,24). The highest BCUT2D eigenvalue weighted by Gasteiger charge is 2.11. The minimum atomic E-state index is -0.395. The predicted octanol–water partition coefficient (Wildman–Crippen LogP) is 0.738. The quantitative estimate of drug-likeness (QED) is 0.621. The second-order valence-electron chi connectivity index (χ2n) is 5.26. The van der Waals surface area contributed by atoms with Crippen molar-refractivity contribution < 1.29 is 14.3 Å². The molecule has 10 nitrogen and oxygen atoms in total. The van der Waals surface area contributed by atoms with E-state index < -0.39 is 5.97 Å². The second kappa shape index (κ2) is 8.01. The van der Waals surface area contributed by atoms with Crippen molar-refractivity contribution in [3.63, 3.8) is 0 Å². The van der Waals surface area contributed by atoms with Crippen LogP contribution in [0.15, 0.2) is 42.6 Å². The molecular weight excluding hydrogens is 338 g/mol. The van der Waals surface area contributed by atoms with Crippen molar-refractivity contribution in [1.29, 1.82) is 0 Å². The molecule has 0 saturated carbocycles. The molecule has 3 aromatic rings. The molecule has 2 aromatic heterocycles. The molecule has 0 saturated heterocycles. The van der Waals surface area contributed by atoms with E-state index in [0.717, 1.165) is 5.56 Å². The maximum Gasteiger partial charge on any atom is 0.327 e. The Morgan fingerprint density at radius 2 is 1.92 bits per heavy atom. The van der Waals surface area contributed by atoms with Crippen LogP contribution in [0.25, 0.3) is 11.4 Å². The largest absolute Gasteiger partial charge is 0.465 e. The Bertz CT molecular complexity index is 888. The third-order valence-electron chi connectivity index (χ3n) is 3.27. The Morgan fingerprint density at radius 3 is 2.69 bits per heavy atom. The molecule has 3 rings (SSSR count). The lowest BCUT2D eigenvalue weighted by Crippen LogP contribution is -2.21. The van der Waals surface area contributed by atoms with Gasteiger partial charge in [-0.25, -0.2) is 0 Å². The fourth-order valence-corrected chi connectivity index (χ4v) is 2.18.